The van der Waals surface area contributed by atoms with Crippen molar-refractivity contribution >= 4 is 44.0 Å². The predicted octanol–water partition coefficient (Wildman–Crippen LogP) is 4.73. The second-order valence-corrected chi connectivity index (χ2v) is 13.5. The molecule has 1 atom stereocenters. The lowest BCUT2D eigenvalue weighted by atomic mass is 9.92. The van der Waals surface area contributed by atoms with Crippen LogP contribution < -0.4 is 15.8 Å². The summed E-state index contributed by atoms with van der Waals surface area (Å²) in [5.74, 6) is 0.383. The molecule has 41 heavy (non-hydrogen) atoms. The predicted molar refractivity (Wildman–Crippen MR) is 158 cm³/mol. The lowest BCUT2D eigenvalue weighted by molar-refractivity contribution is -0.0103. The number of thiazole rings is 1. The fourth-order valence-corrected chi connectivity index (χ4v) is 7.28. The van der Waals surface area contributed by atoms with E-state index in [0.29, 0.717) is 33.9 Å². The Labute approximate surface area is 241 Å². The second-order valence-electron chi connectivity index (χ2n) is 10.8. The average molecular weight is 598 g/mol. The van der Waals surface area contributed by atoms with Gasteiger partial charge in [0.05, 0.1) is 41.8 Å². The Morgan fingerprint density at radius 3 is 2.63 bits per heavy atom. The van der Waals surface area contributed by atoms with Gasteiger partial charge in [-0.2, -0.15) is 8.42 Å². The molecular formula is C28H32FN7O3S2. The molecule has 0 amide bonds. The number of halogens is 1. The average Bonchev–Trinajstić information content (AvgIpc) is 3.54. The van der Waals surface area contributed by atoms with Crippen molar-refractivity contribution in [3.05, 3.63) is 58.2 Å². The first-order valence-electron chi connectivity index (χ1n) is 13.6. The Morgan fingerprint density at radius 1 is 1.22 bits per heavy atom. The van der Waals surface area contributed by atoms with Gasteiger partial charge < -0.3 is 15.8 Å². The summed E-state index contributed by atoms with van der Waals surface area (Å²) in [5.41, 5.74) is 9.89. The maximum Gasteiger partial charge on any atom is 0.280 e. The molecule has 4 aromatic rings. The van der Waals surface area contributed by atoms with Crippen molar-refractivity contribution in [3.8, 4) is 11.3 Å². The highest BCUT2D eigenvalue weighted by Crippen LogP contribution is 2.36. The van der Waals surface area contributed by atoms with E-state index in [-0.39, 0.29) is 22.4 Å². The molecule has 2 aliphatic rings. The highest BCUT2D eigenvalue weighted by molar-refractivity contribution is 7.92. The number of nitrogen functional groups attached to an aromatic ring is 1. The standard InChI is InChI=1S/C28H32FN7O3S2/c1-15(2)28-34-25(18-6-9-22(21(29)10-18)35-41(37,38)24-14-40-16(3)32-24)26-27(30)31-11-23(36(26)28)17-4-7-19(8-5-17)33-20-12-39-13-20/h4,6,9-11,14-15,19-20,33,35H,5,7-8,12-13H2,1-3H3,(H2,30,31)/t19-/m0/s1. The van der Waals surface area contributed by atoms with Gasteiger partial charge in [0.15, 0.2) is 5.03 Å². The van der Waals surface area contributed by atoms with E-state index in [1.807, 2.05) is 18.2 Å². The van der Waals surface area contributed by atoms with Gasteiger partial charge in [0, 0.05) is 22.9 Å². The van der Waals surface area contributed by atoms with Gasteiger partial charge >= 0.3 is 0 Å². The molecule has 4 heterocycles. The number of hydrogen-bond donors (Lipinski definition) is 3. The van der Waals surface area contributed by atoms with Crippen LogP contribution in [-0.4, -0.2) is 53.1 Å². The third kappa shape index (κ3) is 5.34. The van der Waals surface area contributed by atoms with E-state index in [1.54, 1.807) is 19.2 Å². The Balaban J connectivity index is 1.36. The molecule has 1 saturated heterocycles. The number of fused-ring (bicyclic) bond motifs is 1. The molecule has 0 spiro atoms. The maximum atomic E-state index is 15.3. The van der Waals surface area contributed by atoms with Crippen LogP contribution in [0, 0.1) is 12.7 Å². The number of rotatable bonds is 8. The number of aromatic nitrogens is 4. The fraction of sp³-hybridized carbons (Fsp3) is 0.393. The smallest absolute Gasteiger partial charge is 0.280 e. The topological polar surface area (TPSA) is 137 Å². The van der Waals surface area contributed by atoms with Gasteiger partial charge in [0.1, 0.15) is 28.7 Å². The van der Waals surface area contributed by atoms with E-state index >= 15 is 4.39 Å². The van der Waals surface area contributed by atoms with Crippen LogP contribution in [0.3, 0.4) is 0 Å². The van der Waals surface area contributed by atoms with Crippen molar-refractivity contribution in [2.24, 2.45) is 0 Å². The zero-order valence-electron chi connectivity index (χ0n) is 23.0. The summed E-state index contributed by atoms with van der Waals surface area (Å²) in [6.45, 7) is 7.34. The summed E-state index contributed by atoms with van der Waals surface area (Å²) in [4.78, 5) is 13.4. The van der Waals surface area contributed by atoms with Crippen LogP contribution >= 0.6 is 11.3 Å². The first kappa shape index (κ1) is 27.8. The van der Waals surface area contributed by atoms with Crippen molar-refractivity contribution in [2.75, 3.05) is 23.7 Å². The number of nitrogens with one attached hydrogen (secondary N) is 2. The minimum Gasteiger partial charge on any atom is -0.382 e. The number of aryl methyl sites for hydroxylation is 1. The summed E-state index contributed by atoms with van der Waals surface area (Å²) in [6, 6.07) is 5.13. The number of sulfonamides is 1. The minimum atomic E-state index is -4.03. The number of ether oxygens (including phenoxy) is 1. The van der Waals surface area contributed by atoms with E-state index in [1.165, 1.54) is 34.4 Å². The molecule has 3 aromatic heterocycles. The normalized spacial score (nSPS) is 18.1. The van der Waals surface area contributed by atoms with E-state index in [4.69, 9.17) is 15.5 Å². The first-order valence-corrected chi connectivity index (χ1v) is 15.9. The first-order chi connectivity index (χ1) is 19.6. The van der Waals surface area contributed by atoms with Crippen molar-refractivity contribution in [3.63, 3.8) is 0 Å². The molecule has 1 fully saturated rings. The molecule has 4 N–H and O–H groups in total. The van der Waals surface area contributed by atoms with E-state index in [0.717, 1.165) is 44.0 Å². The van der Waals surface area contributed by atoms with E-state index in [9.17, 15) is 8.42 Å². The zero-order chi connectivity index (χ0) is 28.9. The monoisotopic (exact) mass is 597 g/mol. The molecule has 1 aromatic carbocycles. The van der Waals surface area contributed by atoms with E-state index < -0.39 is 15.8 Å². The summed E-state index contributed by atoms with van der Waals surface area (Å²) < 4.78 is 50.4. The molecule has 1 aliphatic heterocycles. The molecule has 6 rings (SSSR count). The van der Waals surface area contributed by atoms with Gasteiger partial charge in [0.2, 0.25) is 0 Å². The number of allylic oxidation sites excluding steroid dienone is 1. The third-order valence-electron chi connectivity index (χ3n) is 7.44. The van der Waals surface area contributed by atoms with Crippen LogP contribution in [-0.2, 0) is 14.8 Å². The van der Waals surface area contributed by atoms with Crippen LogP contribution in [0.4, 0.5) is 15.9 Å². The maximum absolute atomic E-state index is 15.3. The lowest BCUT2D eigenvalue weighted by Crippen LogP contribution is -2.50. The number of benzene rings is 1. The van der Waals surface area contributed by atoms with Crippen LogP contribution in [0.15, 0.2) is 40.9 Å². The summed E-state index contributed by atoms with van der Waals surface area (Å²) in [6.07, 6.45) is 6.81. The Kier molecular flexibility index (Phi) is 7.30. The van der Waals surface area contributed by atoms with Gasteiger partial charge in [-0.25, -0.2) is 19.3 Å². The molecule has 0 unspecified atom stereocenters. The molecule has 13 heteroatoms. The SMILES string of the molecule is Cc1nc(S(=O)(=O)Nc2ccc(-c3nc(C(C)C)n4c(C5=CC[C@H](NC6COC6)CC5)cnc(N)c34)cc2F)cs1. The molecular weight excluding hydrogens is 565 g/mol. The Bertz CT molecular complexity index is 1760. The molecule has 0 bridgehead atoms. The largest absolute Gasteiger partial charge is 0.382 e. The third-order valence-corrected chi connectivity index (χ3v) is 9.61. The molecule has 0 saturated carbocycles. The fourth-order valence-electron chi connectivity index (χ4n) is 5.27. The van der Waals surface area contributed by atoms with E-state index in [2.05, 4.69) is 26.1 Å². The van der Waals surface area contributed by atoms with Crippen molar-refractivity contribution in [1.82, 2.24) is 24.7 Å². The molecule has 10 nitrogen and oxygen atoms in total. The van der Waals surface area contributed by atoms with Crippen LogP contribution in [0.1, 0.15) is 55.6 Å². The quantitative estimate of drug-likeness (QED) is 0.265. The van der Waals surface area contributed by atoms with Gasteiger partial charge in [-0.05, 0) is 43.9 Å². The summed E-state index contributed by atoms with van der Waals surface area (Å²) in [7, 11) is -4.03. The molecule has 1 aliphatic carbocycles. The van der Waals surface area contributed by atoms with Crippen LogP contribution in [0.5, 0.6) is 0 Å². The molecule has 0 radical (unpaired) electrons. The van der Waals surface area contributed by atoms with Crippen molar-refractivity contribution in [2.45, 2.75) is 63.1 Å². The van der Waals surface area contributed by atoms with Crippen molar-refractivity contribution in [1.29, 1.82) is 0 Å². The number of anilines is 2. The Morgan fingerprint density at radius 2 is 2.02 bits per heavy atom. The lowest BCUT2D eigenvalue weighted by Gasteiger charge is -2.33. The minimum absolute atomic E-state index is 0.0477. The van der Waals surface area contributed by atoms with Crippen LogP contribution in [0.25, 0.3) is 22.3 Å². The number of nitrogens with two attached hydrogens (primary N) is 1. The van der Waals surface area contributed by atoms with Gasteiger partial charge in [-0.15, -0.1) is 11.3 Å². The summed E-state index contributed by atoms with van der Waals surface area (Å²) in [5, 5.41) is 5.53. The van der Waals surface area contributed by atoms with Crippen molar-refractivity contribution < 1.29 is 17.5 Å². The van der Waals surface area contributed by atoms with Crippen LogP contribution in [0.2, 0.25) is 0 Å². The highest BCUT2D eigenvalue weighted by Gasteiger charge is 2.27. The van der Waals surface area contributed by atoms with Gasteiger partial charge in [0.25, 0.3) is 10.0 Å². The zero-order valence-corrected chi connectivity index (χ0v) is 24.7. The number of hydrogen-bond acceptors (Lipinski definition) is 9. The van der Waals surface area contributed by atoms with Gasteiger partial charge in [-0.1, -0.05) is 26.0 Å². The summed E-state index contributed by atoms with van der Waals surface area (Å²) >= 11 is 1.21. The van der Waals surface area contributed by atoms with Gasteiger partial charge in [-0.3, -0.25) is 9.12 Å². The molecule has 216 valence electrons. The Hall–Kier alpha value is -3.39. The highest BCUT2D eigenvalue weighted by atomic mass is 32.2. The number of imidazole rings is 1. The second kappa shape index (κ2) is 10.8. The number of nitrogens with zero attached hydrogens (tertiary/aromatic N) is 4.